The second-order valence-electron chi connectivity index (χ2n) is 5.82. The summed E-state index contributed by atoms with van der Waals surface area (Å²) in [5.74, 6) is 0.672. The van der Waals surface area contributed by atoms with Crippen molar-refractivity contribution >= 4 is 33.5 Å². The van der Waals surface area contributed by atoms with Crippen molar-refractivity contribution in [3.8, 4) is 17.0 Å². The summed E-state index contributed by atoms with van der Waals surface area (Å²) >= 11 is 2.23. The molecular weight excluding hydrogens is 425 g/mol. The number of fused-ring (bicyclic) bond motifs is 1. The van der Waals surface area contributed by atoms with E-state index in [1.54, 1.807) is 4.68 Å². The smallest absolute Gasteiger partial charge is 0.246 e. The lowest BCUT2D eigenvalue weighted by molar-refractivity contribution is 0.289. The Morgan fingerprint density at radius 1 is 1.04 bits per heavy atom. The van der Waals surface area contributed by atoms with Gasteiger partial charge in [0.15, 0.2) is 0 Å². The number of pyridine rings is 1. The van der Waals surface area contributed by atoms with Gasteiger partial charge in [-0.1, -0.05) is 48.5 Å². The largest absolute Gasteiger partial charge is 0.471 e. The van der Waals surface area contributed by atoms with E-state index >= 15 is 0 Å². The number of nitrogens with zero attached hydrogens (tertiary/aromatic N) is 3. The lowest BCUT2D eigenvalue weighted by Crippen LogP contribution is -1.98. The Kier molecular flexibility index (Phi) is 4.40. The van der Waals surface area contributed by atoms with Crippen LogP contribution in [0.15, 0.2) is 67.0 Å². The van der Waals surface area contributed by atoms with E-state index in [0.717, 1.165) is 31.2 Å². The number of benzene rings is 2. The summed E-state index contributed by atoms with van der Waals surface area (Å²) in [4.78, 5) is 4.53. The number of aromatic nitrogens is 3. The molecule has 2 aromatic carbocycles. The van der Waals surface area contributed by atoms with E-state index in [1.807, 2.05) is 25.5 Å². The van der Waals surface area contributed by atoms with E-state index < -0.39 is 0 Å². The average molecular weight is 441 g/mol. The van der Waals surface area contributed by atoms with Crippen molar-refractivity contribution in [1.82, 2.24) is 14.8 Å². The van der Waals surface area contributed by atoms with Gasteiger partial charge < -0.3 is 4.74 Å². The summed E-state index contributed by atoms with van der Waals surface area (Å²) in [5.41, 5.74) is 4.43. The number of rotatable bonds is 4. The fourth-order valence-corrected chi connectivity index (χ4v) is 3.47. The van der Waals surface area contributed by atoms with Crippen molar-refractivity contribution in [2.75, 3.05) is 0 Å². The minimum Gasteiger partial charge on any atom is -0.471 e. The molecule has 0 saturated heterocycles. The van der Waals surface area contributed by atoms with Crippen LogP contribution in [-0.4, -0.2) is 14.8 Å². The lowest BCUT2D eigenvalue weighted by atomic mass is 10.0. The maximum Gasteiger partial charge on any atom is 0.246 e. The van der Waals surface area contributed by atoms with E-state index in [9.17, 15) is 0 Å². The molecule has 0 aliphatic heterocycles. The van der Waals surface area contributed by atoms with Crippen LogP contribution >= 0.6 is 22.6 Å². The van der Waals surface area contributed by atoms with Gasteiger partial charge in [0.05, 0.1) is 9.09 Å². The van der Waals surface area contributed by atoms with Crippen LogP contribution in [0.5, 0.6) is 5.88 Å². The zero-order valence-electron chi connectivity index (χ0n) is 13.7. The van der Waals surface area contributed by atoms with Gasteiger partial charge in [-0.25, -0.2) is 0 Å². The average Bonchev–Trinajstić information content (AvgIpc) is 2.97. The topological polar surface area (TPSA) is 39.9 Å². The normalized spacial score (nSPS) is 11.0. The summed E-state index contributed by atoms with van der Waals surface area (Å²) in [6.45, 7) is 0.501. The zero-order chi connectivity index (χ0) is 17.2. The van der Waals surface area contributed by atoms with Gasteiger partial charge in [0.25, 0.3) is 0 Å². The monoisotopic (exact) mass is 441 g/mol. The van der Waals surface area contributed by atoms with Crippen LogP contribution in [0.4, 0.5) is 0 Å². The second-order valence-corrected chi connectivity index (χ2v) is 6.98. The maximum absolute atomic E-state index is 5.81. The molecule has 0 N–H and O–H groups in total. The summed E-state index contributed by atoms with van der Waals surface area (Å²) in [7, 11) is 1.89. The highest BCUT2D eigenvalue weighted by Crippen LogP contribution is 2.27. The van der Waals surface area contributed by atoms with Crippen LogP contribution < -0.4 is 4.74 Å². The SMILES string of the molecule is Cn1cc(I)c(OCc2ccc(-c3cccc4cccnc34)cc2)n1. The van der Waals surface area contributed by atoms with Crippen molar-refractivity contribution < 1.29 is 4.74 Å². The third kappa shape index (κ3) is 3.37. The van der Waals surface area contributed by atoms with Crippen molar-refractivity contribution in [3.63, 3.8) is 0 Å². The van der Waals surface area contributed by atoms with Crippen LogP contribution in [0.2, 0.25) is 0 Å². The van der Waals surface area contributed by atoms with E-state index in [-0.39, 0.29) is 0 Å². The van der Waals surface area contributed by atoms with E-state index in [1.165, 1.54) is 0 Å². The van der Waals surface area contributed by atoms with Gasteiger partial charge in [-0.2, -0.15) is 0 Å². The highest BCUT2D eigenvalue weighted by Gasteiger charge is 2.07. The molecule has 124 valence electrons. The molecule has 0 unspecified atom stereocenters. The van der Waals surface area contributed by atoms with Gasteiger partial charge in [0.1, 0.15) is 6.61 Å². The highest BCUT2D eigenvalue weighted by molar-refractivity contribution is 14.1. The fraction of sp³-hybridized carbons (Fsp3) is 0.100. The van der Waals surface area contributed by atoms with Crippen LogP contribution in [0.25, 0.3) is 22.0 Å². The Balaban J connectivity index is 1.56. The minimum absolute atomic E-state index is 0.501. The first-order valence-corrected chi connectivity index (χ1v) is 9.03. The Labute approximate surface area is 159 Å². The molecule has 0 atom stereocenters. The number of aryl methyl sites for hydroxylation is 1. The fourth-order valence-electron chi connectivity index (χ4n) is 2.81. The molecule has 5 heteroatoms. The molecule has 4 nitrogen and oxygen atoms in total. The summed E-state index contributed by atoms with van der Waals surface area (Å²) < 4.78 is 8.58. The predicted octanol–water partition coefficient (Wildman–Crippen LogP) is 4.82. The van der Waals surface area contributed by atoms with Gasteiger partial charge in [-0.3, -0.25) is 9.67 Å². The maximum atomic E-state index is 5.81. The molecule has 0 spiro atoms. The summed E-state index contributed by atoms with van der Waals surface area (Å²) in [5, 5.41) is 5.45. The number of ether oxygens (including phenoxy) is 1. The number of hydrogen-bond acceptors (Lipinski definition) is 3. The van der Waals surface area contributed by atoms with Gasteiger partial charge in [0.2, 0.25) is 5.88 Å². The molecule has 0 fully saturated rings. The van der Waals surface area contributed by atoms with E-state index in [2.05, 4.69) is 81.2 Å². The number of halogens is 1. The number of hydrogen-bond donors (Lipinski definition) is 0. The van der Waals surface area contributed by atoms with Crippen LogP contribution in [0.1, 0.15) is 5.56 Å². The Morgan fingerprint density at radius 3 is 2.60 bits per heavy atom. The molecule has 0 radical (unpaired) electrons. The van der Waals surface area contributed by atoms with Crippen molar-refractivity contribution in [2.45, 2.75) is 6.61 Å². The first-order chi connectivity index (χ1) is 12.2. The molecule has 4 aromatic rings. The molecule has 2 heterocycles. The van der Waals surface area contributed by atoms with Crippen LogP contribution in [-0.2, 0) is 13.7 Å². The Bertz CT molecular complexity index is 1020. The summed E-state index contributed by atoms with van der Waals surface area (Å²) in [6, 6.07) is 18.7. The van der Waals surface area contributed by atoms with Gasteiger partial charge in [-0.05, 0) is 39.8 Å². The number of para-hydroxylation sites is 1. The molecule has 25 heavy (non-hydrogen) atoms. The van der Waals surface area contributed by atoms with Crippen molar-refractivity contribution in [2.24, 2.45) is 7.05 Å². The van der Waals surface area contributed by atoms with Crippen molar-refractivity contribution in [3.05, 3.63) is 76.1 Å². The Morgan fingerprint density at radius 2 is 1.84 bits per heavy atom. The molecule has 0 aliphatic rings. The first-order valence-electron chi connectivity index (χ1n) is 7.96. The standard InChI is InChI=1S/C20H16IN3O/c1-24-12-18(21)20(23-24)25-13-14-7-9-15(10-8-14)17-6-2-4-16-5-3-11-22-19(16)17/h2-12H,13H2,1H3. The van der Waals surface area contributed by atoms with Gasteiger partial charge >= 0.3 is 0 Å². The highest BCUT2D eigenvalue weighted by atomic mass is 127. The third-order valence-electron chi connectivity index (χ3n) is 4.03. The Hall–Kier alpha value is -2.41. The third-order valence-corrected chi connectivity index (χ3v) is 4.77. The second kappa shape index (κ2) is 6.84. The lowest BCUT2D eigenvalue weighted by Gasteiger charge is -2.08. The molecular formula is C20H16IN3O. The summed E-state index contributed by atoms with van der Waals surface area (Å²) in [6.07, 6.45) is 3.77. The molecule has 0 amide bonds. The van der Waals surface area contributed by atoms with Crippen LogP contribution in [0, 0.1) is 3.57 Å². The first kappa shape index (κ1) is 16.1. The zero-order valence-corrected chi connectivity index (χ0v) is 15.8. The van der Waals surface area contributed by atoms with Gasteiger partial charge in [-0.15, -0.1) is 5.10 Å². The van der Waals surface area contributed by atoms with E-state index in [4.69, 9.17) is 4.74 Å². The van der Waals surface area contributed by atoms with Gasteiger partial charge in [0, 0.05) is 30.4 Å². The molecule has 4 rings (SSSR count). The minimum atomic E-state index is 0.501. The predicted molar refractivity (Wildman–Crippen MR) is 107 cm³/mol. The van der Waals surface area contributed by atoms with E-state index in [0.29, 0.717) is 12.5 Å². The van der Waals surface area contributed by atoms with Crippen LogP contribution in [0.3, 0.4) is 0 Å². The molecule has 0 aliphatic carbocycles. The quantitative estimate of drug-likeness (QED) is 0.427. The molecule has 0 saturated carbocycles. The molecule has 0 bridgehead atoms. The van der Waals surface area contributed by atoms with Crippen molar-refractivity contribution in [1.29, 1.82) is 0 Å². The molecule has 2 aromatic heterocycles.